The number of nitrogens with one attached hydrogen (secondary N) is 3. The summed E-state index contributed by atoms with van der Waals surface area (Å²) in [6, 6.07) is 21.8. The highest BCUT2D eigenvalue weighted by Gasteiger charge is 2.20. The van der Waals surface area contributed by atoms with Crippen LogP contribution >= 0.6 is 11.9 Å². The smallest absolute Gasteiger partial charge is 0.253 e. The average Bonchev–Trinajstić information content (AvgIpc) is 3.67. The van der Waals surface area contributed by atoms with Crippen LogP contribution in [0, 0.1) is 0 Å². The number of fused-ring (bicyclic) bond motifs is 1. The average molecular weight is 571 g/mol. The normalized spacial score (nSPS) is 12.4. The Morgan fingerprint density at radius 3 is 2.76 bits per heavy atom. The SMILES string of the molecule is CC(C)(CCn1ccc2cc(C(=O)NCc3ncco3)cnc21)NC[C@H](O)c1cccc(NSc2ccccc2)c1. The van der Waals surface area contributed by atoms with Crippen molar-refractivity contribution in [1.82, 2.24) is 25.2 Å². The molecule has 0 fully saturated rings. The minimum atomic E-state index is -0.639. The molecule has 0 aliphatic rings. The van der Waals surface area contributed by atoms with Crippen LogP contribution in [0.2, 0.25) is 0 Å². The van der Waals surface area contributed by atoms with Crippen LogP contribution in [-0.2, 0) is 13.1 Å². The Labute approximate surface area is 243 Å². The summed E-state index contributed by atoms with van der Waals surface area (Å²) in [5.74, 6) is 0.219. The highest BCUT2D eigenvalue weighted by atomic mass is 32.2. The fraction of sp³-hybridized carbons (Fsp3) is 0.258. The maximum Gasteiger partial charge on any atom is 0.253 e. The van der Waals surface area contributed by atoms with E-state index in [4.69, 9.17) is 4.42 Å². The van der Waals surface area contributed by atoms with Crippen molar-refractivity contribution in [2.24, 2.45) is 0 Å². The van der Waals surface area contributed by atoms with E-state index in [0.29, 0.717) is 18.0 Å². The molecule has 0 unspecified atom stereocenters. The predicted octanol–water partition coefficient (Wildman–Crippen LogP) is 5.57. The Hall–Kier alpha value is -4.12. The predicted molar refractivity (Wildman–Crippen MR) is 161 cm³/mol. The standard InChI is InChI=1S/C31H34N6O3S/c1-31(2,35-20-27(38)22-7-6-8-25(18-22)36-41-26-9-4-3-5-10-26)12-15-37-14-11-23-17-24(19-33-29(23)37)30(39)34-21-28-32-13-16-40-28/h3-11,13-14,16-19,27,35-36,38H,12,15,20-21H2,1-2H3,(H,34,39)/t27-/m0/s1. The van der Waals surface area contributed by atoms with Gasteiger partial charge in [-0.2, -0.15) is 0 Å². The van der Waals surface area contributed by atoms with Crippen LogP contribution in [0.15, 0.2) is 101 Å². The number of oxazole rings is 1. The fourth-order valence-electron chi connectivity index (χ4n) is 4.38. The van der Waals surface area contributed by atoms with Gasteiger partial charge in [0.15, 0.2) is 0 Å². The van der Waals surface area contributed by atoms with E-state index < -0.39 is 6.10 Å². The molecule has 41 heavy (non-hydrogen) atoms. The van der Waals surface area contributed by atoms with Crippen molar-refractivity contribution in [3.05, 3.63) is 109 Å². The molecule has 212 valence electrons. The third-order valence-electron chi connectivity index (χ3n) is 6.80. The van der Waals surface area contributed by atoms with Gasteiger partial charge in [0.05, 0.1) is 24.4 Å². The van der Waals surface area contributed by atoms with Gasteiger partial charge in [-0.25, -0.2) is 9.97 Å². The molecule has 0 spiro atoms. The molecule has 5 aromatic rings. The number of pyridine rings is 1. The first kappa shape index (κ1) is 28.4. The molecule has 3 aromatic heterocycles. The van der Waals surface area contributed by atoms with Crippen molar-refractivity contribution in [1.29, 1.82) is 0 Å². The molecule has 0 radical (unpaired) electrons. The summed E-state index contributed by atoms with van der Waals surface area (Å²) in [7, 11) is 0. The zero-order valence-electron chi connectivity index (χ0n) is 23.1. The maximum atomic E-state index is 12.5. The van der Waals surface area contributed by atoms with Crippen LogP contribution in [0.25, 0.3) is 11.0 Å². The number of aliphatic hydroxyl groups is 1. The Bertz CT molecular complexity index is 1570. The van der Waals surface area contributed by atoms with Crippen LogP contribution in [-0.4, -0.2) is 37.6 Å². The summed E-state index contributed by atoms with van der Waals surface area (Å²) in [6.07, 6.45) is 6.77. The Kier molecular flexibility index (Phi) is 9.03. The van der Waals surface area contributed by atoms with E-state index in [0.717, 1.165) is 40.1 Å². The molecular weight excluding hydrogens is 536 g/mol. The van der Waals surface area contributed by atoms with E-state index in [1.54, 1.807) is 24.3 Å². The van der Waals surface area contributed by atoms with Gasteiger partial charge in [-0.05, 0) is 74.2 Å². The maximum absolute atomic E-state index is 12.5. The molecule has 0 aliphatic carbocycles. The Balaban J connectivity index is 1.12. The number of amides is 1. The first-order valence-corrected chi connectivity index (χ1v) is 14.3. The van der Waals surface area contributed by atoms with Crippen molar-refractivity contribution in [3.63, 3.8) is 0 Å². The van der Waals surface area contributed by atoms with Crippen molar-refractivity contribution >= 4 is 34.6 Å². The Morgan fingerprint density at radius 1 is 1.10 bits per heavy atom. The highest BCUT2D eigenvalue weighted by molar-refractivity contribution is 8.00. The molecule has 3 heterocycles. The minimum Gasteiger partial charge on any atom is -0.447 e. The van der Waals surface area contributed by atoms with Crippen molar-refractivity contribution in [3.8, 4) is 0 Å². The summed E-state index contributed by atoms with van der Waals surface area (Å²) in [6.45, 7) is 5.64. The first-order chi connectivity index (χ1) is 19.9. The third kappa shape index (κ3) is 7.75. The zero-order valence-corrected chi connectivity index (χ0v) is 23.9. The molecule has 5 rings (SSSR count). The summed E-state index contributed by atoms with van der Waals surface area (Å²) in [5.41, 5.74) is 2.87. The number of hydrogen-bond donors (Lipinski definition) is 4. The van der Waals surface area contributed by atoms with Crippen LogP contribution in [0.1, 0.15) is 48.2 Å². The lowest BCUT2D eigenvalue weighted by Crippen LogP contribution is -2.42. The van der Waals surface area contributed by atoms with Gasteiger partial charge in [0.2, 0.25) is 5.89 Å². The van der Waals surface area contributed by atoms with Crippen LogP contribution in [0.3, 0.4) is 0 Å². The number of nitrogens with zero attached hydrogens (tertiary/aromatic N) is 3. The monoisotopic (exact) mass is 570 g/mol. The lowest BCUT2D eigenvalue weighted by atomic mass is 9.99. The second-order valence-electron chi connectivity index (χ2n) is 10.4. The third-order valence-corrected chi connectivity index (χ3v) is 7.65. The van der Waals surface area contributed by atoms with E-state index in [1.165, 1.54) is 6.26 Å². The van der Waals surface area contributed by atoms with Crippen molar-refractivity contribution < 1.29 is 14.3 Å². The molecule has 1 amide bonds. The largest absolute Gasteiger partial charge is 0.447 e. The van der Waals surface area contributed by atoms with Gasteiger partial charge in [0.25, 0.3) is 5.91 Å². The quantitative estimate of drug-likeness (QED) is 0.136. The molecule has 2 aromatic carbocycles. The van der Waals surface area contributed by atoms with E-state index in [-0.39, 0.29) is 18.0 Å². The lowest BCUT2D eigenvalue weighted by Gasteiger charge is -2.28. The first-order valence-electron chi connectivity index (χ1n) is 13.5. The van der Waals surface area contributed by atoms with Crippen LogP contribution in [0.4, 0.5) is 5.69 Å². The van der Waals surface area contributed by atoms with Gasteiger partial charge in [-0.3, -0.25) is 4.79 Å². The van der Waals surface area contributed by atoms with Gasteiger partial charge in [0, 0.05) is 47.0 Å². The summed E-state index contributed by atoms with van der Waals surface area (Å²) >= 11 is 1.54. The fourth-order valence-corrected chi connectivity index (χ4v) is 5.03. The Morgan fingerprint density at radius 2 is 1.95 bits per heavy atom. The van der Waals surface area contributed by atoms with Gasteiger partial charge < -0.3 is 29.4 Å². The molecule has 9 nitrogen and oxygen atoms in total. The van der Waals surface area contributed by atoms with Gasteiger partial charge in [0.1, 0.15) is 11.9 Å². The number of rotatable bonds is 13. The van der Waals surface area contributed by atoms with E-state index in [1.807, 2.05) is 72.9 Å². The molecule has 4 N–H and O–H groups in total. The minimum absolute atomic E-state index is 0.220. The number of benzene rings is 2. The molecule has 0 saturated heterocycles. The molecule has 10 heteroatoms. The van der Waals surface area contributed by atoms with Gasteiger partial charge in [-0.1, -0.05) is 30.3 Å². The zero-order chi connectivity index (χ0) is 28.7. The summed E-state index contributed by atoms with van der Waals surface area (Å²) in [4.78, 5) is 22.2. The highest BCUT2D eigenvalue weighted by Crippen LogP contribution is 2.24. The number of carbonyl (C=O) groups is 1. The van der Waals surface area contributed by atoms with Crippen LogP contribution in [0.5, 0.6) is 0 Å². The van der Waals surface area contributed by atoms with Crippen molar-refractivity contribution in [2.45, 2.75) is 49.9 Å². The molecule has 0 aliphatic heterocycles. The number of hydrogen-bond acceptors (Lipinski definition) is 8. The number of carbonyl (C=O) groups excluding carboxylic acids is 1. The lowest BCUT2D eigenvalue weighted by molar-refractivity contribution is 0.0947. The van der Waals surface area contributed by atoms with E-state index in [2.05, 4.69) is 43.7 Å². The number of aliphatic hydroxyl groups excluding tert-OH is 1. The summed E-state index contributed by atoms with van der Waals surface area (Å²) < 4.78 is 10.6. The van der Waals surface area contributed by atoms with Gasteiger partial charge in [-0.15, -0.1) is 0 Å². The number of β-amino-alcohol motifs (C(OH)–C–C–N with tert-alkyl or cyclic N) is 1. The second-order valence-corrected chi connectivity index (χ2v) is 11.3. The number of aryl methyl sites for hydroxylation is 1. The molecular formula is C31H34N6O3S. The molecule has 1 atom stereocenters. The van der Waals surface area contributed by atoms with Crippen molar-refractivity contribution in [2.75, 3.05) is 11.3 Å². The van der Waals surface area contributed by atoms with E-state index in [9.17, 15) is 9.90 Å². The van der Waals surface area contributed by atoms with Crippen LogP contribution < -0.4 is 15.4 Å². The van der Waals surface area contributed by atoms with E-state index >= 15 is 0 Å². The molecule has 0 bridgehead atoms. The topological polar surface area (TPSA) is 117 Å². The second kappa shape index (κ2) is 13.0. The number of anilines is 1. The number of aromatic nitrogens is 3. The molecule has 0 saturated carbocycles. The van der Waals surface area contributed by atoms with Gasteiger partial charge >= 0.3 is 0 Å². The summed E-state index contributed by atoms with van der Waals surface area (Å²) in [5, 5.41) is 18.1.